The summed E-state index contributed by atoms with van der Waals surface area (Å²) < 4.78 is 2.54. The average molecular weight is 260 g/mol. The Labute approximate surface area is 112 Å². The first kappa shape index (κ1) is 12.6. The summed E-state index contributed by atoms with van der Waals surface area (Å²) in [5.74, 6) is 0.837. The first-order chi connectivity index (χ1) is 8.63. The van der Waals surface area contributed by atoms with E-state index < -0.39 is 0 Å². The fourth-order valence-corrected chi connectivity index (χ4v) is 1.97. The van der Waals surface area contributed by atoms with Gasteiger partial charge in [-0.3, -0.25) is 9.67 Å². The fraction of sp³-hybridized carbons (Fsp3) is 0.231. The second kappa shape index (κ2) is 5.18. The quantitative estimate of drug-likeness (QED) is 0.678. The maximum Gasteiger partial charge on any atom is 0.195 e. The maximum absolute atomic E-state index is 5.21. The number of nitrogens with zero attached hydrogens (tertiary/aromatic N) is 3. The number of nitrogens with one attached hydrogen (secondary N) is 1. The number of anilines is 1. The smallest absolute Gasteiger partial charge is 0.195 e. The molecule has 0 bridgehead atoms. The highest BCUT2D eigenvalue weighted by Gasteiger charge is 2.08. The van der Waals surface area contributed by atoms with Crippen molar-refractivity contribution in [2.24, 2.45) is 0 Å². The predicted molar refractivity (Wildman–Crippen MR) is 77.4 cm³/mol. The Balaban J connectivity index is 2.51. The van der Waals surface area contributed by atoms with Crippen molar-refractivity contribution in [2.75, 3.05) is 19.0 Å². The molecule has 0 saturated carbocycles. The lowest BCUT2D eigenvalue weighted by molar-refractivity contribution is 0.814. The Morgan fingerprint density at radius 2 is 2.28 bits per heavy atom. The van der Waals surface area contributed by atoms with Gasteiger partial charge in [0.1, 0.15) is 0 Å². The summed E-state index contributed by atoms with van der Waals surface area (Å²) in [5.41, 5.74) is 2.17. The molecule has 1 heterocycles. The minimum atomic E-state index is 0.611. The van der Waals surface area contributed by atoms with E-state index in [1.54, 1.807) is 0 Å². The molecule has 0 aliphatic heterocycles. The maximum atomic E-state index is 5.21. The van der Waals surface area contributed by atoms with Crippen LogP contribution in [0.2, 0.25) is 0 Å². The number of aromatic amines is 1. The Hall–Kier alpha value is -1.88. The minimum Gasteiger partial charge on any atom is -0.378 e. The molecule has 0 aliphatic rings. The predicted octanol–water partition coefficient (Wildman–Crippen LogP) is 2.86. The zero-order valence-corrected chi connectivity index (χ0v) is 11.4. The second-order valence-corrected chi connectivity index (χ2v) is 4.58. The first-order valence-electron chi connectivity index (χ1n) is 5.67. The van der Waals surface area contributed by atoms with Crippen molar-refractivity contribution < 1.29 is 0 Å². The SMILES string of the molecule is C=CCn1c(-c2cccc(N(C)C)c2)n[nH]c1=S. The van der Waals surface area contributed by atoms with Crippen molar-refractivity contribution in [1.82, 2.24) is 14.8 Å². The molecule has 18 heavy (non-hydrogen) atoms. The van der Waals surface area contributed by atoms with Crippen molar-refractivity contribution in [1.29, 1.82) is 0 Å². The molecule has 1 aromatic carbocycles. The third-order valence-electron chi connectivity index (χ3n) is 2.69. The Morgan fingerprint density at radius 3 is 2.94 bits per heavy atom. The molecular weight excluding hydrogens is 244 g/mol. The van der Waals surface area contributed by atoms with Crippen LogP contribution in [0, 0.1) is 4.77 Å². The van der Waals surface area contributed by atoms with Crippen molar-refractivity contribution in [3.8, 4) is 11.4 Å². The fourth-order valence-electron chi connectivity index (χ4n) is 1.76. The van der Waals surface area contributed by atoms with Gasteiger partial charge in [-0.15, -0.1) is 6.58 Å². The van der Waals surface area contributed by atoms with Crippen molar-refractivity contribution >= 4 is 17.9 Å². The van der Waals surface area contributed by atoms with Crippen molar-refractivity contribution in [3.63, 3.8) is 0 Å². The average Bonchev–Trinajstić information content (AvgIpc) is 2.72. The van der Waals surface area contributed by atoms with Gasteiger partial charge in [0, 0.05) is 31.9 Å². The molecule has 4 nitrogen and oxygen atoms in total. The Bertz CT molecular complexity index is 609. The van der Waals surface area contributed by atoms with Crippen molar-refractivity contribution in [2.45, 2.75) is 6.54 Å². The van der Waals surface area contributed by atoms with Crippen LogP contribution in [0.15, 0.2) is 36.9 Å². The number of rotatable bonds is 4. The third kappa shape index (κ3) is 2.36. The molecule has 0 atom stereocenters. The molecule has 0 saturated heterocycles. The lowest BCUT2D eigenvalue weighted by Gasteiger charge is -2.13. The number of H-pyrrole nitrogens is 1. The van der Waals surface area contributed by atoms with Crippen LogP contribution >= 0.6 is 12.2 Å². The molecule has 1 N–H and O–H groups in total. The van der Waals surface area contributed by atoms with Crippen LogP contribution in [0.5, 0.6) is 0 Å². The van der Waals surface area contributed by atoms with Gasteiger partial charge in [-0.25, -0.2) is 0 Å². The van der Waals surface area contributed by atoms with Gasteiger partial charge in [-0.2, -0.15) is 5.10 Å². The zero-order chi connectivity index (χ0) is 13.1. The third-order valence-corrected chi connectivity index (χ3v) is 3.00. The van der Waals surface area contributed by atoms with Crippen LogP contribution in [-0.2, 0) is 6.54 Å². The summed E-state index contributed by atoms with van der Waals surface area (Å²) in [6.07, 6.45) is 1.81. The number of benzene rings is 1. The summed E-state index contributed by atoms with van der Waals surface area (Å²) in [7, 11) is 4.03. The van der Waals surface area contributed by atoms with Gasteiger partial charge >= 0.3 is 0 Å². The molecule has 0 aliphatic carbocycles. The molecule has 0 radical (unpaired) electrons. The second-order valence-electron chi connectivity index (χ2n) is 4.20. The van der Waals surface area contributed by atoms with Crippen LogP contribution in [0.25, 0.3) is 11.4 Å². The van der Waals surface area contributed by atoms with Crippen LogP contribution in [-0.4, -0.2) is 28.9 Å². The highest BCUT2D eigenvalue weighted by Crippen LogP contribution is 2.22. The van der Waals surface area contributed by atoms with Gasteiger partial charge < -0.3 is 4.90 Å². The van der Waals surface area contributed by atoms with E-state index in [1.165, 1.54) is 0 Å². The summed E-state index contributed by atoms with van der Waals surface area (Å²) >= 11 is 5.21. The summed E-state index contributed by atoms with van der Waals surface area (Å²) in [4.78, 5) is 2.06. The lowest BCUT2D eigenvalue weighted by atomic mass is 10.2. The van der Waals surface area contributed by atoms with Crippen LogP contribution in [0.1, 0.15) is 0 Å². The van der Waals surface area contributed by atoms with E-state index in [0.717, 1.165) is 17.1 Å². The molecule has 0 amide bonds. The molecule has 0 unspecified atom stereocenters. The summed E-state index contributed by atoms with van der Waals surface area (Å²) in [6, 6.07) is 8.19. The number of aromatic nitrogens is 3. The first-order valence-corrected chi connectivity index (χ1v) is 6.08. The number of allylic oxidation sites excluding steroid dienone is 1. The van der Waals surface area contributed by atoms with Gasteiger partial charge in [0.2, 0.25) is 0 Å². The standard InChI is InChI=1S/C13H16N4S/c1-4-8-17-12(14-15-13(17)18)10-6-5-7-11(9-10)16(2)3/h4-7,9H,1,8H2,2-3H3,(H,15,18). The van der Waals surface area contributed by atoms with Crippen LogP contribution < -0.4 is 4.90 Å². The van der Waals surface area contributed by atoms with Crippen LogP contribution in [0.4, 0.5) is 5.69 Å². The van der Waals surface area contributed by atoms with E-state index in [9.17, 15) is 0 Å². The number of hydrogen-bond acceptors (Lipinski definition) is 3. The Morgan fingerprint density at radius 1 is 1.50 bits per heavy atom. The summed E-state index contributed by atoms with van der Waals surface area (Å²) in [5, 5.41) is 7.11. The van der Waals surface area contributed by atoms with E-state index >= 15 is 0 Å². The Kier molecular flexibility index (Phi) is 3.62. The summed E-state index contributed by atoms with van der Waals surface area (Å²) in [6.45, 7) is 4.39. The highest BCUT2D eigenvalue weighted by molar-refractivity contribution is 7.71. The lowest BCUT2D eigenvalue weighted by Crippen LogP contribution is -2.08. The minimum absolute atomic E-state index is 0.611. The molecule has 5 heteroatoms. The zero-order valence-electron chi connectivity index (χ0n) is 10.6. The van der Waals surface area contributed by atoms with E-state index in [0.29, 0.717) is 11.3 Å². The molecule has 2 aromatic rings. The number of hydrogen-bond donors (Lipinski definition) is 1. The molecule has 94 valence electrons. The van der Waals surface area contributed by atoms with Gasteiger partial charge in [0.05, 0.1) is 0 Å². The normalized spacial score (nSPS) is 10.3. The van der Waals surface area contributed by atoms with Crippen LogP contribution in [0.3, 0.4) is 0 Å². The van der Waals surface area contributed by atoms with Gasteiger partial charge in [0.25, 0.3) is 0 Å². The largest absolute Gasteiger partial charge is 0.378 e. The highest BCUT2D eigenvalue weighted by atomic mass is 32.1. The van der Waals surface area contributed by atoms with E-state index in [-0.39, 0.29) is 0 Å². The van der Waals surface area contributed by atoms with E-state index in [2.05, 4.69) is 33.8 Å². The van der Waals surface area contributed by atoms with Gasteiger partial charge in [-0.05, 0) is 24.4 Å². The molecule has 1 aromatic heterocycles. The van der Waals surface area contributed by atoms with E-state index in [1.807, 2.05) is 36.9 Å². The molecule has 0 spiro atoms. The van der Waals surface area contributed by atoms with Crippen molar-refractivity contribution in [3.05, 3.63) is 41.7 Å². The van der Waals surface area contributed by atoms with E-state index in [4.69, 9.17) is 12.2 Å². The molecule has 0 fully saturated rings. The molecular formula is C13H16N4S. The monoisotopic (exact) mass is 260 g/mol. The molecule has 2 rings (SSSR count). The van der Waals surface area contributed by atoms with Gasteiger partial charge in [-0.1, -0.05) is 18.2 Å². The topological polar surface area (TPSA) is 36.9 Å². The van der Waals surface area contributed by atoms with Gasteiger partial charge in [0.15, 0.2) is 10.6 Å².